The molecule has 3 N–H and O–H groups in total. The molecule has 8 nitrogen and oxygen atoms in total. The molecule has 162 valence electrons. The van der Waals surface area contributed by atoms with Crippen molar-refractivity contribution in [1.29, 1.82) is 5.26 Å². The third-order valence-electron chi connectivity index (χ3n) is 6.12. The van der Waals surface area contributed by atoms with Gasteiger partial charge in [-0.15, -0.1) is 0 Å². The first kappa shape index (κ1) is 21.0. The highest BCUT2D eigenvalue weighted by Crippen LogP contribution is 2.37. The van der Waals surface area contributed by atoms with E-state index in [-0.39, 0.29) is 36.2 Å². The van der Waals surface area contributed by atoms with Crippen LogP contribution in [0.5, 0.6) is 0 Å². The second-order valence-electron chi connectivity index (χ2n) is 8.34. The summed E-state index contributed by atoms with van der Waals surface area (Å²) in [6.45, 7) is 1.30. The molecule has 0 unspecified atom stereocenters. The lowest BCUT2D eigenvalue weighted by molar-refractivity contribution is -0.117. The average Bonchev–Trinajstić information content (AvgIpc) is 3.51. The summed E-state index contributed by atoms with van der Waals surface area (Å²) in [6, 6.07) is 11.9. The van der Waals surface area contributed by atoms with Gasteiger partial charge in [0.25, 0.3) is 5.91 Å². The van der Waals surface area contributed by atoms with Gasteiger partial charge in [-0.2, -0.15) is 10.4 Å². The van der Waals surface area contributed by atoms with Crippen LogP contribution in [0.1, 0.15) is 41.6 Å². The minimum absolute atomic E-state index is 0.0187. The number of rotatable bonds is 7. The fourth-order valence-corrected chi connectivity index (χ4v) is 4.10. The van der Waals surface area contributed by atoms with Crippen molar-refractivity contribution in [3.63, 3.8) is 0 Å². The van der Waals surface area contributed by atoms with E-state index in [1.165, 1.54) is 10.9 Å². The highest BCUT2D eigenvalue weighted by atomic mass is 19.1. The summed E-state index contributed by atoms with van der Waals surface area (Å²) in [6.07, 6.45) is 1.79. The molecule has 31 heavy (non-hydrogen) atoms. The predicted octanol–water partition coefficient (Wildman–Crippen LogP) is 2.18. The number of amides is 2. The van der Waals surface area contributed by atoms with Gasteiger partial charge < -0.3 is 11.1 Å². The monoisotopic (exact) mass is 424 g/mol. The molecular weight excluding hydrogens is 399 g/mol. The zero-order chi connectivity index (χ0) is 22.0. The van der Waals surface area contributed by atoms with E-state index in [2.05, 4.69) is 16.5 Å². The molecule has 1 aliphatic carbocycles. The van der Waals surface area contributed by atoms with E-state index in [0.717, 1.165) is 18.4 Å². The second-order valence-corrected chi connectivity index (χ2v) is 8.34. The van der Waals surface area contributed by atoms with Crippen LogP contribution in [0.25, 0.3) is 0 Å². The molecule has 1 saturated heterocycles. The van der Waals surface area contributed by atoms with Crippen molar-refractivity contribution >= 4 is 17.6 Å². The zero-order valence-electron chi connectivity index (χ0n) is 17.1. The molecule has 2 atom stereocenters. The molecule has 1 aromatic carbocycles. The number of carbonyl (C=O) groups is 2. The van der Waals surface area contributed by atoms with Gasteiger partial charge in [0.1, 0.15) is 17.3 Å². The number of anilines is 1. The van der Waals surface area contributed by atoms with E-state index in [0.29, 0.717) is 19.5 Å². The Labute approximate surface area is 179 Å². The summed E-state index contributed by atoms with van der Waals surface area (Å²) in [4.78, 5) is 26.1. The highest BCUT2D eigenvalue weighted by molar-refractivity contribution is 6.02. The molecule has 2 fully saturated rings. The maximum Gasteiger partial charge on any atom is 0.254 e. The fraction of sp³-hybridized carbons (Fsp3) is 0.455. The number of halogens is 1. The number of carbonyl (C=O) groups excluding carboxylic acids is 2. The van der Waals surface area contributed by atoms with E-state index in [1.54, 1.807) is 0 Å². The Balaban J connectivity index is 1.58. The number of hydrogen-bond acceptors (Lipinski definition) is 5. The molecule has 2 amide bonds. The molecule has 1 aromatic heterocycles. The SMILES string of the molecule is N#CC[C@]1(n2cc(C(N)=O)c(NC(=O)C3CC3)n2)CCN(Cc2ccccc2)C[C@@H]1F. The Bertz CT molecular complexity index is 1010. The molecule has 1 aliphatic heterocycles. The summed E-state index contributed by atoms with van der Waals surface area (Å²) in [7, 11) is 0. The Morgan fingerprint density at radius 2 is 2.06 bits per heavy atom. The van der Waals surface area contributed by atoms with Gasteiger partial charge >= 0.3 is 0 Å². The number of alkyl halides is 1. The maximum absolute atomic E-state index is 15.6. The first-order chi connectivity index (χ1) is 14.9. The first-order valence-electron chi connectivity index (χ1n) is 10.4. The minimum atomic E-state index is -1.39. The average molecular weight is 424 g/mol. The molecular formula is C22H25FN6O2. The maximum atomic E-state index is 15.6. The number of aromatic nitrogens is 2. The van der Waals surface area contributed by atoms with Gasteiger partial charge in [-0.3, -0.25) is 19.2 Å². The van der Waals surface area contributed by atoms with Crippen molar-refractivity contribution in [2.75, 3.05) is 18.4 Å². The van der Waals surface area contributed by atoms with Crippen LogP contribution in [-0.4, -0.2) is 45.8 Å². The Hall–Kier alpha value is -3.25. The van der Waals surface area contributed by atoms with E-state index in [1.807, 2.05) is 35.2 Å². The number of nitrogens with two attached hydrogens (primary N) is 1. The molecule has 1 saturated carbocycles. The van der Waals surface area contributed by atoms with E-state index >= 15 is 4.39 Å². The van der Waals surface area contributed by atoms with Crippen LogP contribution in [0.4, 0.5) is 10.2 Å². The smallest absolute Gasteiger partial charge is 0.254 e. The van der Waals surface area contributed by atoms with Crippen LogP contribution in [0.15, 0.2) is 36.5 Å². The normalized spacial score (nSPS) is 23.8. The van der Waals surface area contributed by atoms with Gasteiger partial charge in [0, 0.05) is 31.7 Å². The Morgan fingerprint density at radius 1 is 1.32 bits per heavy atom. The summed E-state index contributed by atoms with van der Waals surface area (Å²) in [5, 5.41) is 16.4. The van der Waals surface area contributed by atoms with Crippen molar-refractivity contribution in [2.45, 2.75) is 43.9 Å². The lowest BCUT2D eigenvalue weighted by atomic mass is 9.83. The lowest BCUT2D eigenvalue weighted by Crippen LogP contribution is -2.54. The predicted molar refractivity (Wildman–Crippen MR) is 112 cm³/mol. The molecule has 0 radical (unpaired) electrons. The van der Waals surface area contributed by atoms with Crippen molar-refractivity contribution in [2.24, 2.45) is 11.7 Å². The molecule has 2 heterocycles. The Morgan fingerprint density at radius 3 is 2.68 bits per heavy atom. The van der Waals surface area contributed by atoms with Crippen molar-refractivity contribution < 1.29 is 14.0 Å². The number of likely N-dealkylation sites (tertiary alicyclic amines) is 1. The number of hydrogen-bond donors (Lipinski definition) is 2. The number of nitriles is 1. The van der Waals surface area contributed by atoms with Gasteiger partial charge in [-0.05, 0) is 24.8 Å². The number of primary amides is 1. The van der Waals surface area contributed by atoms with E-state index in [9.17, 15) is 14.9 Å². The van der Waals surface area contributed by atoms with Crippen LogP contribution in [-0.2, 0) is 16.9 Å². The van der Waals surface area contributed by atoms with Crippen LogP contribution in [0.2, 0.25) is 0 Å². The van der Waals surface area contributed by atoms with Gasteiger partial charge in [0.2, 0.25) is 5.91 Å². The summed E-state index contributed by atoms with van der Waals surface area (Å²) < 4.78 is 17.0. The number of piperidine rings is 1. The summed E-state index contributed by atoms with van der Waals surface area (Å²) in [5.41, 5.74) is 5.35. The fourth-order valence-electron chi connectivity index (χ4n) is 4.10. The summed E-state index contributed by atoms with van der Waals surface area (Å²) >= 11 is 0. The molecule has 2 aliphatic rings. The number of nitrogens with zero attached hydrogens (tertiary/aromatic N) is 4. The van der Waals surface area contributed by atoms with Crippen molar-refractivity contribution in [1.82, 2.24) is 14.7 Å². The Kier molecular flexibility index (Phi) is 5.74. The van der Waals surface area contributed by atoms with Crippen LogP contribution in [0, 0.1) is 17.2 Å². The third-order valence-corrected chi connectivity index (χ3v) is 6.12. The van der Waals surface area contributed by atoms with E-state index in [4.69, 9.17) is 5.73 Å². The summed E-state index contributed by atoms with van der Waals surface area (Å²) in [5.74, 6) is -1.05. The highest BCUT2D eigenvalue weighted by Gasteiger charge is 2.46. The zero-order valence-corrected chi connectivity index (χ0v) is 17.1. The topological polar surface area (TPSA) is 117 Å². The standard InChI is InChI=1S/C22H25FN6O2/c23-18-14-28(12-15-4-2-1-3-5-15)11-9-22(18,8-10-24)29-13-17(19(25)30)20(27-29)26-21(31)16-6-7-16/h1-5,13,16,18H,6-9,11-12,14H2,(H2,25,30)(H,26,27,31)/t18-,22-/m0/s1. The first-order valence-corrected chi connectivity index (χ1v) is 10.4. The molecule has 4 rings (SSSR count). The van der Waals surface area contributed by atoms with Crippen LogP contribution < -0.4 is 11.1 Å². The largest absolute Gasteiger partial charge is 0.365 e. The van der Waals surface area contributed by atoms with Crippen LogP contribution in [0.3, 0.4) is 0 Å². The van der Waals surface area contributed by atoms with E-state index < -0.39 is 17.6 Å². The van der Waals surface area contributed by atoms with Gasteiger partial charge in [-0.1, -0.05) is 30.3 Å². The van der Waals surface area contributed by atoms with Crippen LogP contribution >= 0.6 is 0 Å². The van der Waals surface area contributed by atoms with Gasteiger partial charge in [0.05, 0.1) is 12.5 Å². The van der Waals surface area contributed by atoms with Gasteiger partial charge in [0.15, 0.2) is 5.82 Å². The lowest BCUT2D eigenvalue weighted by Gasteiger charge is -2.43. The number of nitrogens with one attached hydrogen (secondary N) is 1. The molecule has 0 spiro atoms. The minimum Gasteiger partial charge on any atom is -0.365 e. The third kappa shape index (κ3) is 4.30. The number of benzene rings is 1. The molecule has 0 bridgehead atoms. The molecule has 2 aromatic rings. The van der Waals surface area contributed by atoms with Crippen molar-refractivity contribution in [3.05, 3.63) is 47.7 Å². The van der Waals surface area contributed by atoms with Crippen molar-refractivity contribution in [3.8, 4) is 6.07 Å². The molecule has 9 heteroatoms. The quantitative estimate of drug-likeness (QED) is 0.707. The van der Waals surface area contributed by atoms with Gasteiger partial charge in [-0.25, -0.2) is 4.39 Å². The second kappa shape index (κ2) is 8.47.